The van der Waals surface area contributed by atoms with Crippen molar-refractivity contribution in [3.8, 4) is 0 Å². The number of rotatable bonds is 5. The number of nitrogens with zero attached hydrogens (tertiary/aromatic N) is 1. The SMILES string of the molecule is Cc1sc(NC(=O)C2CC2)c(C(=O)OCC(=O)N2CCC[C@H]3CCCC[C@H]32)c1C. The molecule has 1 saturated heterocycles. The first kappa shape index (κ1) is 20.4. The van der Waals surface area contributed by atoms with Crippen LogP contribution in [-0.2, 0) is 14.3 Å². The number of aryl methyl sites for hydroxylation is 1. The third-order valence-electron chi connectivity index (χ3n) is 6.66. The maximum Gasteiger partial charge on any atom is 0.341 e. The van der Waals surface area contributed by atoms with Gasteiger partial charge in [0.1, 0.15) is 5.00 Å². The fourth-order valence-corrected chi connectivity index (χ4v) is 5.79. The Morgan fingerprint density at radius 2 is 1.79 bits per heavy atom. The summed E-state index contributed by atoms with van der Waals surface area (Å²) >= 11 is 1.39. The maximum atomic E-state index is 12.8. The molecule has 0 bridgehead atoms. The number of carbonyl (C=O) groups excluding carboxylic acids is 3. The van der Waals surface area contributed by atoms with Crippen LogP contribution in [0, 0.1) is 25.7 Å². The molecule has 2 amide bonds. The molecule has 1 N–H and O–H groups in total. The van der Waals surface area contributed by atoms with Crippen molar-refractivity contribution in [1.29, 1.82) is 0 Å². The molecule has 6 nitrogen and oxygen atoms in total. The van der Waals surface area contributed by atoms with Crippen molar-refractivity contribution < 1.29 is 19.1 Å². The van der Waals surface area contributed by atoms with E-state index in [0.717, 1.165) is 42.7 Å². The van der Waals surface area contributed by atoms with Gasteiger partial charge in [0.05, 0.1) is 5.56 Å². The number of piperidine rings is 1. The van der Waals surface area contributed by atoms with Crippen molar-refractivity contribution in [1.82, 2.24) is 4.90 Å². The van der Waals surface area contributed by atoms with E-state index in [1.165, 1.54) is 37.0 Å². The van der Waals surface area contributed by atoms with Crippen LogP contribution < -0.4 is 5.32 Å². The summed E-state index contributed by atoms with van der Waals surface area (Å²) in [7, 11) is 0. The number of thiophene rings is 1. The lowest BCUT2D eigenvalue weighted by Gasteiger charge is -2.44. The Morgan fingerprint density at radius 3 is 2.55 bits per heavy atom. The molecule has 0 aromatic carbocycles. The lowest BCUT2D eigenvalue weighted by Crippen LogP contribution is -2.50. The first-order chi connectivity index (χ1) is 14.0. The second kappa shape index (κ2) is 8.46. The molecule has 2 heterocycles. The summed E-state index contributed by atoms with van der Waals surface area (Å²) in [5.41, 5.74) is 1.20. The normalized spacial score (nSPS) is 24.0. The molecular weight excluding hydrogens is 388 g/mol. The number of anilines is 1. The average Bonchev–Trinajstić information content (AvgIpc) is 3.53. The van der Waals surface area contributed by atoms with Crippen LogP contribution in [-0.4, -0.2) is 41.9 Å². The van der Waals surface area contributed by atoms with Crippen molar-refractivity contribution in [2.45, 2.75) is 71.3 Å². The zero-order chi connectivity index (χ0) is 20.5. The highest BCUT2D eigenvalue weighted by molar-refractivity contribution is 7.16. The van der Waals surface area contributed by atoms with E-state index in [1.807, 2.05) is 18.7 Å². The fourth-order valence-electron chi connectivity index (χ4n) is 4.74. The van der Waals surface area contributed by atoms with E-state index < -0.39 is 5.97 Å². The number of hydrogen-bond donors (Lipinski definition) is 1. The largest absolute Gasteiger partial charge is 0.452 e. The van der Waals surface area contributed by atoms with Crippen LogP contribution in [0.4, 0.5) is 5.00 Å². The van der Waals surface area contributed by atoms with Gasteiger partial charge in [-0.25, -0.2) is 4.79 Å². The van der Waals surface area contributed by atoms with Gasteiger partial charge in [-0.15, -0.1) is 11.3 Å². The number of hydrogen-bond acceptors (Lipinski definition) is 5. The Balaban J connectivity index is 1.40. The smallest absolute Gasteiger partial charge is 0.341 e. The zero-order valence-corrected chi connectivity index (χ0v) is 18.1. The van der Waals surface area contributed by atoms with Crippen molar-refractivity contribution in [3.05, 3.63) is 16.0 Å². The van der Waals surface area contributed by atoms with Gasteiger partial charge in [-0.1, -0.05) is 12.8 Å². The molecule has 1 aliphatic heterocycles. The van der Waals surface area contributed by atoms with Crippen LogP contribution in [0.15, 0.2) is 0 Å². The second-order valence-electron chi connectivity index (χ2n) is 8.67. The summed E-state index contributed by atoms with van der Waals surface area (Å²) in [6, 6.07) is 0.308. The van der Waals surface area contributed by atoms with Gasteiger partial charge in [-0.2, -0.15) is 0 Å². The lowest BCUT2D eigenvalue weighted by atomic mass is 9.78. The molecule has 2 saturated carbocycles. The van der Waals surface area contributed by atoms with Crippen LogP contribution in [0.3, 0.4) is 0 Å². The van der Waals surface area contributed by atoms with E-state index >= 15 is 0 Å². The summed E-state index contributed by atoms with van der Waals surface area (Å²) in [5, 5.41) is 3.43. The van der Waals surface area contributed by atoms with Crippen LogP contribution in [0.25, 0.3) is 0 Å². The van der Waals surface area contributed by atoms with Gasteiger partial charge < -0.3 is 15.0 Å². The fraction of sp³-hybridized carbons (Fsp3) is 0.682. The van der Waals surface area contributed by atoms with Crippen molar-refractivity contribution in [2.24, 2.45) is 11.8 Å². The quantitative estimate of drug-likeness (QED) is 0.732. The minimum absolute atomic E-state index is 0.0342. The first-order valence-corrected chi connectivity index (χ1v) is 11.6. The number of fused-ring (bicyclic) bond motifs is 1. The Hall–Kier alpha value is -1.89. The van der Waals surface area contributed by atoms with Crippen molar-refractivity contribution in [3.63, 3.8) is 0 Å². The van der Waals surface area contributed by atoms with Crippen molar-refractivity contribution in [2.75, 3.05) is 18.5 Å². The minimum atomic E-state index is -0.525. The van der Waals surface area contributed by atoms with E-state index in [4.69, 9.17) is 4.74 Å². The number of nitrogens with one attached hydrogen (secondary N) is 1. The van der Waals surface area contributed by atoms with E-state index in [-0.39, 0.29) is 24.3 Å². The maximum absolute atomic E-state index is 12.8. The lowest BCUT2D eigenvalue weighted by molar-refractivity contribution is -0.140. The summed E-state index contributed by atoms with van der Waals surface area (Å²) in [4.78, 5) is 40.7. The number of carbonyl (C=O) groups is 3. The molecular formula is C22H30N2O4S. The van der Waals surface area contributed by atoms with Crippen LogP contribution in [0.1, 0.15) is 72.2 Å². The van der Waals surface area contributed by atoms with Crippen LogP contribution in [0.2, 0.25) is 0 Å². The molecule has 3 aliphatic rings. The molecule has 2 aliphatic carbocycles. The summed E-state index contributed by atoms with van der Waals surface area (Å²) < 4.78 is 5.44. The third-order valence-corrected chi connectivity index (χ3v) is 7.79. The summed E-state index contributed by atoms with van der Waals surface area (Å²) in [6.07, 6.45) is 8.72. The van der Waals surface area contributed by atoms with Crippen LogP contribution >= 0.6 is 11.3 Å². The monoisotopic (exact) mass is 418 g/mol. The zero-order valence-electron chi connectivity index (χ0n) is 17.3. The molecule has 1 aromatic rings. The minimum Gasteiger partial charge on any atom is -0.452 e. The number of likely N-dealkylation sites (tertiary alicyclic amines) is 1. The number of ether oxygens (including phenoxy) is 1. The van der Waals surface area contributed by atoms with Crippen molar-refractivity contribution >= 4 is 34.1 Å². The van der Waals surface area contributed by atoms with E-state index in [9.17, 15) is 14.4 Å². The van der Waals surface area contributed by atoms with Gasteiger partial charge in [0, 0.05) is 23.4 Å². The van der Waals surface area contributed by atoms with Crippen LogP contribution in [0.5, 0.6) is 0 Å². The molecule has 4 rings (SSSR count). The molecule has 158 valence electrons. The molecule has 1 aromatic heterocycles. The average molecular weight is 419 g/mol. The van der Waals surface area contributed by atoms with Gasteiger partial charge in [0.15, 0.2) is 6.61 Å². The predicted octanol–water partition coefficient (Wildman–Crippen LogP) is 4.05. The Morgan fingerprint density at radius 1 is 1.07 bits per heavy atom. The molecule has 3 fully saturated rings. The van der Waals surface area contributed by atoms with Gasteiger partial charge in [0.2, 0.25) is 5.91 Å². The van der Waals surface area contributed by atoms with Gasteiger partial charge >= 0.3 is 5.97 Å². The Labute approximate surface area is 176 Å². The highest BCUT2D eigenvalue weighted by atomic mass is 32.1. The molecule has 0 unspecified atom stereocenters. The number of amides is 2. The first-order valence-electron chi connectivity index (χ1n) is 10.8. The van der Waals surface area contributed by atoms with Gasteiger partial charge in [-0.05, 0) is 63.9 Å². The molecule has 2 atom stereocenters. The molecule has 0 radical (unpaired) electrons. The molecule has 29 heavy (non-hydrogen) atoms. The second-order valence-corrected chi connectivity index (χ2v) is 9.89. The molecule has 0 spiro atoms. The van der Waals surface area contributed by atoms with E-state index in [1.54, 1.807) is 0 Å². The standard InChI is InChI=1S/C22H30N2O4S/c1-13-14(2)29-21(23-20(26)16-9-10-16)19(13)22(27)28-12-18(25)24-11-5-7-15-6-3-4-8-17(15)24/h15-17H,3-12H2,1-2H3,(H,23,26)/t15-,17-/m1/s1. The van der Waals surface area contributed by atoms with E-state index in [2.05, 4.69) is 5.32 Å². The topological polar surface area (TPSA) is 75.7 Å². The van der Waals surface area contributed by atoms with Gasteiger partial charge in [-0.3, -0.25) is 9.59 Å². The highest BCUT2D eigenvalue weighted by Gasteiger charge is 2.36. The van der Waals surface area contributed by atoms with Gasteiger partial charge in [0.25, 0.3) is 5.91 Å². The highest BCUT2D eigenvalue weighted by Crippen LogP contribution is 2.37. The predicted molar refractivity (Wildman–Crippen MR) is 112 cm³/mol. The van der Waals surface area contributed by atoms with E-state index in [0.29, 0.717) is 22.5 Å². The third kappa shape index (κ3) is 4.34. The molecule has 7 heteroatoms. The summed E-state index contributed by atoms with van der Waals surface area (Å²) in [6.45, 7) is 4.31. The number of esters is 1. The Kier molecular flexibility index (Phi) is 5.95. The summed E-state index contributed by atoms with van der Waals surface area (Å²) in [5.74, 6) is 0.00788. The Bertz CT molecular complexity index is 812.